The number of thiophene rings is 5. The molecule has 31 nitrogen and oxygen atoms in total. The van der Waals surface area contributed by atoms with Crippen molar-refractivity contribution in [2.75, 3.05) is 207 Å². The molecule has 6 aromatic carbocycles. The largest absolute Gasteiger partial charge is 0.477 e. The molecule has 0 saturated carbocycles. The van der Waals surface area contributed by atoms with E-state index in [0.717, 1.165) is 65.6 Å². The number of carboxylic acid groups (broad SMARTS) is 1. The minimum atomic E-state index is -1.07. The van der Waals surface area contributed by atoms with Crippen LogP contribution in [0.3, 0.4) is 0 Å². The van der Waals surface area contributed by atoms with Crippen LogP contribution < -0.4 is 56.4 Å². The number of benzene rings is 6. The van der Waals surface area contributed by atoms with Crippen molar-refractivity contribution in [1.29, 1.82) is 0 Å². The molecule has 16 rings (SSSR count). The minimum absolute atomic E-state index is 0.123. The Bertz CT molecular complexity index is 6560. The number of morpholine rings is 5. The third kappa shape index (κ3) is 27.2. The number of hydrogen-bond donors (Lipinski definition) is 8. The molecule has 7 amide bonds. The van der Waals surface area contributed by atoms with Gasteiger partial charge in [0.15, 0.2) is 0 Å². The highest BCUT2D eigenvalue weighted by Crippen LogP contribution is 2.57. The molecule has 43 heteroatoms. The molecule has 5 fully saturated rings. The molecule has 11 aromatic rings. The van der Waals surface area contributed by atoms with E-state index in [9.17, 15) is 38.7 Å². The van der Waals surface area contributed by atoms with Gasteiger partial charge in [0.1, 0.15) is 4.88 Å². The number of likely N-dealkylation sites (N-methyl/N-ethyl adjacent to an activating group) is 1. The molecule has 140 heavy (non-hydrogen) atoms. The van der Waals surface area contributed by atoms with Crippen LogP contribution in [0.25, 0.3) is 79.9 Å². The Morgan fingerprint density at radius 3 is 1.17 bits per heavy atom. The van der Waals surface area contributed by atoms with E-state index in [2.05, 4.69) is 91.7 Å². The Morgan fingerprint density at radius 1 is 0.421 bits per heavy atom. The fourth-order valence-corrected chi connectivity index (χ4v) is 22.9. The Hall–Kier alpha value is -11.7. The van der Waals surface area contributed by atoms with Gasteiger partial charge in [0, 0.05) is 188 Å². The molecule has 0 aliphatic carbocycles. The Morgan fingerprint density at radius 2 is 0.786 bits per heavy atom. The number of amides is 7. The summed E-state index contributed by atoms with van der Waals surface area (Å²) in [5, 5.41) is 42.3. The Kier molecular flexibility index (Phi) is 40.0. The van der Waals surface area contributed by atoms with Gasteiger partial charge in [0.25, 0.3) is 17.7 Å². The van der Waals surface area contributed by atoms with Crippen LogP contribution in [0.4, 0.5) is 68.9 Å². The first-order chi connectivity index (χ1) is 67.6. The van der Waals surface area contributed by atoms with Crippen molar-refractivity contribution >= 4 is 248 Å². The third-order valence-electron chi connectivity index (χ3n) is 21.7. The lowest BCUT2D eigenvalue weighted by Gasteiger charge is -2.28. The summed E-state index contributed by atoms with van der Waals surface area (Å²) in [5.41, 5.74) is 9.70. The van der Waals surface area contributed by atoms with Crippen LogP contribution in [0.5, 0.6) is 0 Å². The highest BCUT2D eigenvalue weighted by molar-refractivity contribution is 9.10. The number of aliphatic hydroxyl groups is 1. The van der Waals surface area contributed by atoms with Crippen LogP contribution in [-0.4, -0.2) is 229 Å². The van der Waals surface area contributed by atoms with E-state index in [4.69, 9.17) is 131 Å². The average Bonchev–Trinajstić information content (AvgIpc) is 1.60. The first kappa shape index (κ1) is 107. The number of carbonyl (C=O) groups is 7. The van der Waals surface area contributed by atoms with Crippen molar-refractivity contribution in [1.82, 2.24) is 26.2 Å². The maximum absolute atomic E-state index is 13.3. The van der Waals surface area contributed by atoms with Crippen LogP contribution in [0.1, 0.15) is 58.1 Å². The number of hydrogen-bond acceptors (Lipinski definition) is 23. The van der Waals surface area contributed by atoms with Gasteiger partial charge in [-0.1, -0.05) is 158 Å². The van der Waals surface area contributed by atoms with Crippen molar-refractivity contribution in [2.24, 2.45) is 0 Å². The third-order valence-corrected chi connectivity index (χ3v) is 30.0. The monoisotopic (exact) mass is 2170 g/mol. The van der Waals surface area contributed by atoms with E-state index in [0.29, 0.717) is 265 Å². The van der Waals surface area contributed by atoms with Gasteiger partial charge < -0.3 is 89.9 Å². The van der Waals surface area contributed by atoms with Crippen LogP contribution in [0.15, 0.2) is 138 Å². The SMILES string of the molecule is [C-]#[N+]c1c(N2CCOCC2)sc(C(=O)NC)c1-c1ccccc1.[C-]#[N+]c1c(N2CCOCC2)sc(C(=O)NCCNC(C)=O)c1-c1ccc(Cl)cc1Cl.[C-]#[N+]c1c(N2CCOCC2)sc(C(=O)NCc2ccc(Br)cc2)c1-c1ccc(Cl)cc1Cl.[C-]#[N+]c1c(N2CCOCC2)sc(C(=O)O)c1-c1cccc(NC(C)=O)c1.[C-]#[N+]c1c(N2CCOCC2)sc(NC(=O)N(C)CCO)c1-c1ccc(Cl)cc1Cl. The number of halogens is 7. The molecule has 5 aromatic heterocycles. The molecular weight excluding hydrogens is 2080 g/mol. The second-order valence-corrected chi connectivity index (χ2v) is 39.3. The van der Waals surface area contributed by atoms with Gasteiger partial charge in [-0.3, -0.25) is 29.3 Å². The molecule has 5 saturated heterocycles. The number of ether oxygens (including phenoxy) is 5. The second-order valence-electron chi connectivity index (χ2n) is 30.9. The molecule has 10 heterocycles. The summed E-state index contributed by atoms with van der Waals surface area (Å²) in [7, 11) is 3.20. The lowest BCUT2D eigenvalue weighted by molar-refractivity contribution is -0.119. The smallest absolute Gasteiger partial charge is 0.345 e. The van der Waals surface area contributed by atoms with Gasteiger partial charge in [-0.15, -0.1) is 56.7 Å². The van der Waals surface area contributed by atoms with Crippen molar-refractivity contribution in [3.8, 4) is 55.6 Å². The molecule has 0 radical (unpaired) electrons. The van der Waals surface area contributed by atoms with Crippen molar-refractivity contribution in [3.63, 3.8) is 0 Å². The van der Waals surface area contributed by atoms with Gasteiger partial charge in [-0.25, -0.2) is 33.8 Å². The topological polar surface area (TPSA) is 320 Å². The summed E-state index contributed by atoms with van der Waals surface area (Å²) in [6.45, 7) is 55.1. The summed E-state index contributed by atoms with van der Waals surface area (Å²) in [6, 6.07) is 39.1. The van der Waals surface area contributed by atoms with Crippen molar-refractivity contribution in [3.05, 3.63) is 250 Å². The van der Waals surface area contributed by atoms with E-state index in [-0.39, 0.29) is 60.1 Å². The molecule has 5 aliphatic heterocycles. The predicted octanol–water partition coefficient (Wildman–Crippen LogP) is 22.0. The number of nitrogens with zero attached hydrogens (tertiary/aromatic N) is 11. The Labute approximate surface area is 867 Å². The molecule has 0 spiro atoms. The minimum Gasteiger partial charge on any atom is -0.477 e. The van der Waals surface area contributed by atoms with Crippen LogP contribution >= 0.6 is 142 Å². The van der Waals surface area contributed by atoms with Crippen LogP contribution in [0.2, 0.25) is 30.1 Å². The first-order valence-corrected chi connectivity index (χ1v) is 50.5. The fraction of sp³-hybridized carbons (Fsp3) is 0.299. The second kappa shape index (κ2) is 52.2. The summed E-state index contributed by atoms with van der Waals surface area (Å²) in [5.74, 6) is -2.18. The molecular formula is C97H92BrCl6N17O14S5. The van der Waals surface area contributed by atoms with Crippen molar-refractivity contribution in [2.45, 2.75) is 20.4 Å². The Balaban J connectivity index is 0.000000157. The molecule has 0 atom stereocenters. The van der Waals surface area contributed by atoms with Crippen LogP contribution in [0, 0.1) is 32.9 Å². The van der Waals surface area contributed by atoms with E-state index in [1.807, 2.05) is 59.5 Å². The van der Waals surface area contributed by atoms with E-state index in [1.165, 1.54) is 64.1 Å². The quantitative estimate of drug-likeness (QED) is 0.0218. The average molecular weight is 2170 g/mol. The van der Waals surface area contributed by atoms with Gasteiger partial charge in [0.2, 0.25) is 40.3 Å². The lowest BCUT2D eigenvalue weighted by Crippen LogP contribution is -2.35. The van der Waals surface area contributed by atoms with Gasteiger partial charge in [-0.2, -0.15) is 0 Å². The van der Waals surface area contributed by atoms with Gasteiger partial charge >= 0.3 is 12.0 Å². The predicted molar refractivity (Wildman–Crippen MR) is 565 cm³/mol. The summed E-state index contributed by atoms with van der Waals surface area (Å²) >= 11 is 47.4. The van der Waals surface area contributed by atoms with E-state index >= 15 is 0 Å². The zero-order valence-electron chi connectivity index (χ0n) is 75.8. The van der Waals surface area contributed by atoms with E-state index < -0.39 is 5.97 Å². The molecule has 5 aliphatic rings. The molecule has 8 N–H and O–H groups in total. The maximum Gasteiger partial charge on any atom is 0.345 e. The van der Waals surface area contributed by atoms with Gasteiger partial charge in [0.05, 0.1) is 150 Å². The summed E-state index contributed by atoms with van der Waals surface area (Å²) in [4.78, 5) is 117. The number of aromatic carboxylic acids is 1. The number of rotatable bonds is 23. The van der Waals surface area contributed by atoms with Crippen molar-refractivity contribution < 1.29 is 67.5 Å². The standard InChI is InChI=1S/C23H18BrCl2N3O2S.C20H20Cl2N4O3S.C19H20Cl2N4O3S.C18H17N3O4S.C17H17N3O2S/c1-27-20-19(17-7-6-16(25)12-18(17)26)21(32-23(20)29-8-10-31-11-9-29)22(30)28-13-14-2-4-15(24)5-3-14;1-12(27)24-5-6-25-19(28)18-16(14-4-3-13(21)11-15(14)22)17(23-2)20(30-18)26-7-9-29-10-8-26;1-22-16-15(13-4-3-12(20)11-14(13)21)17(23-19(27)24(2)5-8-26)29-18(16)25-6-9-28-10-7-25;1-11(22)20-13-5-3-4-12(10-13)14-15(19-2)17(26-16(14)18(23)24)21-6-8-25-9-7-21;1-18-14-13(12-6-4-3-5-7-12)15(16(21)19-2)23-17(14)20-8-10-22-11-9-20/h2-7,12H,8-11,13H2,(H,28,30);3-4,11H,5-10H2,1H3,(H,24,27)(H,25,28);3-4,11,26H,5-10H2,2H3,(H,23,27);3-5,10H,6-9H2,1H3,(H,20,22)(H,23,24);3-7H,8-11H2,2H3,(H,19,21). The van der Waals surface area contributed by atoms with Crippen LogP contribution in [-0.2, 0) is 39.8 Å². The molecule has 728 valence electrons. The highest BCUT2D eigenvalue weighted by Gasteiger charge is 2.36. The highest BCUT2D eigenvalue weighted by atomic mass is 79.9. The number of anilines is 7. The zero-order chi connectivity index (χ0) is 100. The van der Waals surface area contributed by atoms with Gasteiger partial charge in [-0.05, 0) is 94.0 Å². The summed E-state index contributed by atoms with van der Waals surface area (Å²) in [6.07, 6.45) is 0. The summed E-state index contributed by atoms with van der Waals surface area (Å²) < 4.78 is 28.0. The normalized spacial score (nSPS) is 13.8. The number of carboxylic acids is 1. The van der Waals surface area contributed by atoms with E-state index in [1.54, 1.807) is 93.0 Å². The number of urea groups is 1. The molecule has 0 bridgehead atoms. The molecule has 0 unspecified atom stereocenters. The zero-order valence-corrected chi connectivity index (χ0v) is 86.0. The number of aliphatic hydroxyl groups excluding tert-OH is 1. The number of nitrogens with one attached hydrogen (secondary N) is 6. The number of carbonyl (C=O) groups excluding carboxylic acids is 6. The fourth-order valence-electron chi connectivity index (χ4n) is 15.0. The lowest BCUT2D eigenvalue weighted by atomic mass is 10.0. The first-order valence-electron chi connectivity index (χ1n) is 43.4. The maximum atomic E-state index is 13.3.